The van der Waals surface area contributed by atoms with Crippen LogP contribution in [0.4, 0.5) is 0 Å². The Morgan fingerprint density at radius 2 is 2.45 bits per heavy atom. The van der Waals surface area contributed by atoms with Crippen molar-refractivity contribution in [3.63, 3.8) is 0 Å². The van der Waals surface area contributed by atoms with Crippen molar-refractivity contribution >= 4 is 28.2 Å². The summed E-state index contributed by atoms with van der Waals surface area (Å²) in [5.74, 6) is 0. The molecule has 0 bridgehead atoms. The zero-order valence-electron chi connectivity index (χ0n) is 5.28. The molecule has 0 saturated carbocycles. The number of rotatable bonds is 0. The molecule has 0 aliphatic rings. The molecule has 0 radical (unpaired) electrons. The van der Waals surface area contributed by atoms with Crippen LogP contribution in [0.25, 0.3) is 5.65 Å². The molecule has 1 N–H and O–H groups in total. The fourth-order valence-corrected chi connectivity index (χ4v) is 1.35. The molecule has 2 aromatic rings. The Balaban J connectivity index is 3.06. The van der Waals surface area contributed by atoms with Crippen molar-refractivity contribution in [1.82, 2.24) is 19.6 Å². The van der Waals surface area contributed by atoms with E-state index in [1.165, 1.54) is 4.40 Å². The van der Waals surface area contributed by atoms with Crippen molar-refractivity contribution in [3.8, 4) is 0 Å². The molecule has 0 atom stereocenters. The average Bonchev–Trinajstić information content (AvgIpc) is 2.35. The van der Waals surface area contributed by atoms with Crippen molar-refractivity contribution < 1.29 is 0 Å². The lowest BCUT2D eigenvalue weighted by atomic mass is 10.7. The van der Waals surface area contributed by atoms with Crippen LogP contribution in [0.5, 0.6) is 0 Å². The third kappa shape index (κ3) is 0.934. The highest BCUT2D eigenvalue weighted by Gasteiger charge is 2.02. The van der Waals surface area contributed by atoms with E-state index in [-0.39, 0.29) is 5.69 Å². The highest BCUT2D eigenvalue weighted by molar-refractivity contribution is 14.1. The van der Waals surface area contributed by atoms with E-state index in [1.54, 1.807) is 12.4 Å². The van der Waals surface area contributed by atoms with Gasteiger partial charge in [-0.1, -0.05) is 0 Å². The number of nitrogens with one attached hydrogen (secondary N) is 1. The van der Waals surface area contributed by atoms with Gasteiger partial charge in [-0.2, -0.15) is 0 Å². The number of H-pyrrole nitrogens is 1. The minimum absolute atomic E-state index is 0.236. The molecule has 5 nitrogen and oxygen atoms in total. The number of hydrogen-bond donors (Lipinski definition) is 1. The second kappa shape index (κ2) is 2.29. The predicted octanol–water partition coefficient (Wildman–Crippen LogP) is 0.0222. The smallest absolute Gasteiger partial charge is 0.247 e. The van der Waals surface area contributed by atoms with Gasteiger partial charge in [0.05, 0.1) is 0 Å². The van der Waals surface area contributed by atoms with Crippen LogP contribution in [0.3, 0.4) is 0 Å². The molecule has 0 spiro atoms. The van der Waals surface area contributed by atoms with Crippen LogP contribution >= 0.6 is 22.6 Å². The van der Waals surface area contributed by atoms with Crippen molar-refractivity contribution in [2.24, 2.45) is 0 Å². The summed E-state index contributed by atoms with van der Waals surface area (Å²) in [7, 11) is 0. The zero-order valence-corrected chi connectivity index (χ0v) is 7.44. The lowest BCUT2D eigenvalue weighted by Gasteiger charge is -1.89. The summed E-state index contributed by atoms with van der Waals surface area (Å²) in [5, 5.41) is 6.10. The number of aromatic amines is 1. The molecule has 11 heavy (non-hydrogen) atoms. The first kappa shape index (κ1) is 6.77. The summed E-state index contributed by atoms with van der Waals surface area (Å²) in [5.41, 5.74) is 0.332. The van der Waals surface area contributed by atoms with E-state index in [1.807, 2.05) is 22.6 Å². The molecule has 0 fully saturated rings. The first-order valence-corrected chi connectivity index (χ1v) is 3.94. The van der Waals surface area contributed by atoms with Crippen LogP contribution < -0.4 is 5.69 Å². The molecule has 2 aromatic heterocycles. The summed E-state index contributed by atoms with van der Waals surface area (Å²) in [6.45, 7) is 0. The molecule has 0 amide bonds. The minimum atomic E-state index is -0.236. The van der Waals surface area contributed by atoms with Crippen molar-refractivity contribution in [2.75, 3.05) is 0 Å². The minimum Gasteiger partial charge on any atom is -0.247 e. The van der Waals surface area contributed by atoms with Crippen LogP contribution in [0.2, 0.25) is 0 Å². The predicted molar refractivity (Wildman–Crippen MR) is 46.3 cm³/mol. The lowest BCUT2D eigenvalue weighted by Crippen LogP contribution is -2.09. The molecule has 56 valence electrons. The molecule has 0 saturated heterocycles. The van der Waals surface area contributed by atoms with Gasteiger partial charge < -0.3 is 0 Å². The van der Waals surface area contributed by atoms with Crippen LogP contribution in [-0.4, -0.2) is 19.6 Å². The third-order valence-electron chi connectivity index (χ3n) is 1.29. The molecular weight excluding hydrogens is 259 g/mol. The Bertz CT molecular complexity index is 445. The van der Waals surface area contributed by atoms with E-state index in [0.717, 1.165) is 0 Å². The van der Waals surface area contributed by atoms with Crippen molar-refractivity contribution in [3.05, 3.63) is 26.6 Å². The van der Waals surface area contributed by atoms with E-state index in [2.05, 4.69) is 15.2 Å². The maximum atomic E-state index is 10.9. The Kier molecular flexibility index (Phi) is 1.41. The summed E-state index contributed by atoms with van der Waals surface area (Å²) in [4.78, 5) is 14.9. The lowest BCUT2D eigenvalue weighted by molar-refractivity contribution is 1.02. The summed E-state index contributed by atoms with van der Waals surface area (Å²) in [6.07, 6.45) is 3.13. The Labute approximate surface area is 74.6 Å². The maximum Gasteiger partial charge on any atom is 0.347 e. The zero-order chi connectivity index (χ0) is 7.84. The van der Waals surface area contributed by atoms with Gasteiger partial charge in [0.15, 0.2) is 5.65 Å². The van der Waals surface area contributed by atoms with Crippen LogP contribution in [0.15, 0.2) is 17.2 Å². The summed E-state index contributed by atoms with van der Waals surface area (Å²) in [6, 6.07) is 0. The monoisotopic (exact) mass is 262 g/mol. The van der Waals surface area contributed by atoms with Gasteiger partial charge in [0, 0.05) is 12.4 Å². The maximum absolute atomic E-state index is 10.9. The van der Waals surface area contributed by atoms with Gasteiger partial charge >= 0.3 is 5.69 Å². The Morgan fingerprint density at radius 1 is 1.64 bits per heavy atom. The van der Waals surface area contributed by atoms with Gasteiger partial charge in [0.25, 0.3) is 0 Å². The first-order chi connectivity index (χ1) is 5.29. The molecular formula is C5H3IN4O. The number of halogens is 1. The SMILES string of the molecule is O=c1[nH]nc2c(I)nccn12. The average molecular weight is 262 g/mol. The fourth-order valence-electron chi connectivity index (χ4n) is 0.812. The largest absolute Gasteiger partial charge is 0.347 e. The highest BCUT2D eigenvalue weighted by atomic mass is 127. The topological polar surface area (TPSA) is 63.0 Å². The van der Waals surface area contributed by atoms with Gasteiger partial charge in [-0.05, 0) is 22.6 Å². The molecule has 2 rings (SSSR count). The van der Waals surface area contributed by atoms with Crippen molar-refractivity contribution in [2.45, 2.75) is 0 Å². The van der Waals surface area contributed by atoms with Gasteiger partial charge in [0.2, 0.25) is 0 Å². The molecule has 0 aliphatic carbocycles. The highest BCUT2D eigenvalue weighted by Crippen LogP contribution is 2.03. The van der Waals surface area contributed by atoms with E-state index in [0.29, 0.717) is 9.35 Å². The van der Waals surface area contributed by atoms with Crippen LogP contribution in [0, 0.1) is 3.70 Å². The molecule has 0 aliphatic heterocycles. The normalized spacial score (nSPS) is 10.6. The van der Waals surface area contributed by atoms with Crippen LogP contribution in [0.1, 0.15) is 0 Å². The Morgan fingerprint density at radius 3 is 3.18 bits per heavy atom. The molecule has 0 aromatic carbocycles. The third-order valence-corrected chi connectivity index (χ3v) is 2.05. The van der Waals surface area contributed by atoms with Gasteiger partial charge in [-0.15, -0.1) is 5.10 Å². The summed E-state index contributed by atoms with van der Waals surface area (Å²) >= 11 is 2.02. The molecule has 0 unspecified atom stereocenters. The van der Waals surface area contributed by atoms with E-state index < -0.39 is 0 Å². The first-order valence-electron chi connectivity index (χ1n) is 2.86. The van der Waals surface area contributed by atoms with Crippen molar-refractivity contribution in [1.29, 1.82) is 0 Å². The van der Waals surface area contributed by atoms with Gasteiger partial charge in [0.1, 0.15) is 3.70 Å². The second-order valence-corrected chi connectivity index (χ2v) is 2.96. The van der Waals surface area contributed by atoms with Gasteiger partial charge in [-0.25, -0.2) is 19.3 Å². The number of nitrogens with zero attached hydrogens (tertiary/aromatic N) is 3. The van der Waals surface area contributed by atoms with E-state index in [9.17, 15) is 4.79 Å². The summed E-state index contributed by atoms with van der Waals surface area (Å²) < 4.78 is 2.12. The number of fused-ring (bicyclic) bond motifs is 1. The van der Waals surface area contributed by atoms with E-state index in [4.69, 9.17) is 0 Å². The van der Waals surface area contributed by atoms with Crippen LogP contribution in [-0.2, 0) is 0 Å². The standard InChI is InChI=1S/C5H3IN4O/c6-3-4-8-9-5(11)10(4)2-1-7-3/h1-2H,(H,9,11). The Hall–Kier alpha value is -0.920. The van der Waals surface area contributed by atoms with Gasteiger partial charge in [-0.3, -0.25) is 0 Å². The number of hydrogen-bond acceptors (Lipinski definition) is 3. The van der Waals surface area contributed by atoms with E-state index >= 15 is 0 Å². The second-order valence-electron chi connectivity index (χ2n) is 1.94. The molecule has 2 heterocycles. The quantitative estimate of drug-likeness (QED) is 0.681. The number of aromatic nitrogens is 4. The fraction of sp³-hybridized carbons (Fsp3) is 0. The molecule has 6 heteroatoms.